The van der Waals surface area contributed by atoms with Gasteiger partial charge in [-0.2, -0.15) is 0 Å². The zero-order valence-corrected chi connectivity index (χ0v) is 15.9. The molecule has 1 atom stereocenters. The summed E-state index contributed by atoms with van der Waals surface area (Å²) in [6.07, 6.45) is 6.83. The second kappa shape index (κ2) is 7.35. The zero-order valence-electron chi connectivity index (χ0n) is 15.9. The predicted octanol–water partition coefficient (Wildman–Crippen LogP) is 1.23. The van der Waals surface area contributed by atoms with Crippen molar-refractivity contribution in [2.75, 3.05) is 31.1 Å². The predicted molar refractivity (Wildman–Crippen MR) is 102 cm³/mol. The van der Waals surface area contributed by atoms with Crippen LogP contribution < -0.4 is 10.3 Å². The van der Waals surface area contributed by atoms with Crippen LogP contribution in [0.2, 0.25) is 0 Å². The zero-order chi connectivity index (χ0) is 19.7. The van der Waals surface area contributed by atoms with E-state index >= 15 is 0 Å². The first kappa shape index (κ1) is 18.6. The highest BCUT2D eigenvalue weighted by molar-refractivity contribution is 5.91. The Morgan fingerprint density at radius 2 is 2.07 bits per heavy atom. The topological polar surface area (TPSA) is 99.8 Å². The van der Waals surface area contributed by atoms with Gasteiger partial charge in [-0.05, 0) is 31.6 Å². The van der Waals surface area contributed by atoms with Crippen molar-refractivity contribution in [3.63, 3.8) is 0 Å². The molecular weight excluding hydrogens is 360 g/mol. The van der Waals surface area contributed by atoms with Crippen LogP contribution in [0.25, 0.3) is 0 Å². The van der Waals surface area contributed by atoms with Gasteiger partial charge in [0.25, 0.3) is 5.91 Å². The van der Waals surface area contributed by atoms with Crippen LogP contribution in [0.1, 0.15) is 35.6 Å². The largest absolute Gasteiger partial charge is 0.456 e. The van der Waals surface area contributed by atoms with Gasteiger partial charge < -0.3 is 19.3 Å². The van der Waals surface area contributed by atoms with E-state index in [1.165, 1.54) is 12.1 Å². The summed E-state index contributed by atoms with van der Waals surface area (Å²) in [5, 5.41) is 10.5. The van der Waals surface area contributed by atoms with Crippen LogP contribution in [0.5, 0.6) is 0 Å². The quantitative estimate of drug-likeness (QED) is 0.831. The summed E-state index contributed by atoms with van der Waals surface area (Å²) in [7, 11) is 0. The monoisotopic (exact) mass is 384 g/mol. The van der Waals surface area contributed by atoms with Crippen LogP contribution >= 0.6 is 0 Å². The van der Waals surface area contributed by atoms with Crippen molar-refractivity contribution in [2.24, 2.45) is 5.41 Å². The molecular formula is C20H24N4O4. The number of anilines is 1. The number of hydrogen-bond donors (Lipinski definition) is 1. The Balaban J connectivity index is 1.46. The van der Waals surface area contributed by atoms with Gasteiger partial charge in [-0.3, -0.25) is 14.6 Å². The first-order valence-corrected chi connectivity index (χ1v) is 9.54. The molecule has 0 radical (unpaired) electrons. The van der Waals surface area contributed by atoms with Crippen molar-refractivity contribution in [1.29, 1.82) is 0 Å². The minimum Gasteiger partial charge on any atom is -0.456 e. The minimum absolute atomic E-state index is 0.0700. The second-order valence-corrected chi connectivity index (χ2v) is 7.86. The number of aromatic nitrogens is 2. The Morgan fingerprint density at radius 1 is 1.29 bits per heavy atom. The average Bonchev–Trinajstić information content (AvgIpc) is 2.67. The molecule has 2 aliphatic rings. The number of piperidine rings is 2. The molecule has 28 heavy (non-hydrogen) atoms. The minimum atomic E-state index is -0.437. The Labute approximate surface area is 162 Å². The van der Waals surface area contributed by atoms with E-state index in [0.717, 1.165) is 25.2 Å². The lowest BCUT2D eigenvalue weighted by atomic mass is 9.71. The van der Waals surface area contributed by atoms with Gasteiger partial charge in [0.15, 0.2) is 11.2 Å². The molecule has 4 rings (SSSR count). The van der Waals surface area contributed by atoms with Crippen LogP contribution in [-0.4, -0.2) is 58.2 Å². The number of likely N-dealkylation sites (tertiary alicyclic amines) is 1. The first-order chi connectivity index (χ1) is 13.4. The highest BCUT2D eigenvalue weighted by atomic mass is 16.3. The number of hydrogen-bond acceptors (Lipinski definition) is 7. The summed E-state index contributed by atoms with van der Waals surface area (Å²) >= 11 is 0. The Bertz CT molecular complexity index is 906. The van der Waals surface area contributed by atoms with Crippen molar-refractivity contribution in [3.8, 4) is 0 Å². The van der Waals surface area contributed by atoms with Crippen molar-refractivity contribution >= 4 is 11.7 Å². The summed E-state index contributed by atoms with van der Waals surface area (Å²) < 4.78 is 5.45. The van der Waals surface area contributed by atoms with Gasteiger partial charge in [-0.15, -0.1) is 0 Å². The number of amides is 1. The van der Waals surface area contributed by atoms with E-state index < -0.39 is 6.10 Å². The van der Waals surface area contributed by atoms with Crippen LogP contribution in [0.15, 0.2) is 39.9 Å². The van der Waals surface area contributed by atoms with E-state index in [-0.39, 0.29) is 22.5 Å². The van der Waals surface area contributed by atoms with Crippen LogP contribution in [-0.2, 0) is 0 Å². The number of aryl methyl sites for hydroxylation is 1. The highest BCUT2D eigenvalue weighted by Crippen LogP contribution is 2.41. The molecule has 0 aliphatic carbocycles. The molecule has 2 fully saturated rings. The molecule has 1 amide bonds. The molecule has 1 spiro atoms. The molecule has 2 saturated heterocycles. The molecule has 2 aliphatic heterocycles. The van der Waals surface area contributed by atoms with Gasteiger partial charge in [-0.1, -0.05) is 0 Å². The SMILES string of the molecule is Cc1cc(=O)cc(C(=O)N2CCC3(CC2)CC(O)CN(c2cnccn2)C3)o1. The van der Waals surface area contributed by atoms with E-state index in [0.29, 0.717) is 31.8 Å². The molecule has 1 unspecified atom stereocenters. The van der Waals surface area contributed by atoms with Gasteiger partial charge in [0, 0.05) is 50.7 Å². The van der Waals surface area contributed by atoms with Gasteiger partial charge >= 0.3 is 0 Å². The molecule has 2 aromatic heterocycles. The summed E-state index contributed by atoms with van der Waals surface area (Å²) in [5.41, 5.74) is -0.296. The number of nitrogens with zero attached hydrogens (tertiary/aromatic N) is 4. The van der Waals surface area contributed by atoms with Gasteiger partial charge in [0.1, 0.15) is 11.6 Å². The molecule has 0 bridgehead atoms. The van der Waals surface area contributed by atoms with Gasteiger partial charge in [0.2, 0.25) is 0 Å². The molecule has 8 heteroatoms. The number of aliphatic hydroxyl groups excluding tert-OH is 1. The lowest BCUT2D eigenvalue weighted by Crippen LogP contribution is -2.54. The second-order valence-electron chi connectivity index (χ2n) is 7.86. The van der Waals surface area contributed by atoms with Crippen molar-refractivity contribution < 1.29 is 14.3 Å². The Kier molecular flexibility index (Phi) is 4.89. The molecule has 8 nitrogen and oxygen atoms in total. The molecule has 1 N–H and O–H groups in total. The first-order valence-electron chi connectivity index (χ1n) is 9.54. The molecule has 148 valence electrons. The number of carbonyl (C=O) groups excluding carboxylic acids is 1. The standard InChI is InChI=1S/C20H24N4O4/c1-14-8-15(25)9-17(28-14)19(27)23-6-2-20(3-7-23)10-16(26)12-24(13-20)18-11-21-4-5-22-18/h4-5,8-9,11,16,26H,2-3,6-7,10,12-13H2,1H3. The van der Waals surface area contributed by atoms with Crippen LogP contribution in [0.3, 0.4) is 0 Å². The number of rotatable bonds is 2. The normalized spacial score (nSPS) is 21.7. The number of aliphatic hydroxyl groups is 1. The van der Waals surface area contributed by atoms with E-state index in [4.69, 9.17) is 4.42 Å². The van der Waals surface area contributed by atoms with Gasteiger partial charge in [-0.25, -0.2) is 4.98 Å². The van der Waals surface area contributed by atoms with E-state index in [1.807, 2.05) is 0 Å². The molecule has 0 saturated carbocycles. The number of β-amino-alcohol motifs (C(OH)–C–C–N with tert-alkyl or cyclic N) is 1. The van der Waals surface area contributed by atoms with Crippen molar-refractivity contribution in [2.45, 2.75) is 32.3 Å². The summed E-state index contributed by atoms with van der Waals surface area (Å²) in [6.45, 7) is 4.12. The third-order valence-corrected chi connectivity index (χ3v) is 5.71. The summed E-state index contributed by atoms with van der Waals surface area (Å²) in [6, 6.07) is 2.62. The fourth-order valence-electron chi connectivity index (χ4n) is 4.39. The maximum atomic E-state index is 12.7. The smallest absolute Gasteiger partial charge is 0.289 e. The van der Waals surface area contributed by atoms with Crippen molar-refractivity contribution in [3.05, 3.63) is 52.5 Å². The third kappa shape index (κ3) is 3.77. The maximum absolute atomic E-state index is 12.7. The van der Waals surface area contributed by atoms with Crippen LogP contribution in [0.4, 0.5) is 5.82 Å². The van der Waals surface area contributed by atoms with Gasteiger partial charge in [0.05, 0.1) is 12.3 Å². The van der Waals surface area contributed by atoms with Crippen LogP contribution in [0, 0.1) is 12.3 Å². The molecule has 2 aromatic rings. The Morgan fingerprint density at radius 3 is 2.75 bits per heavy atom. The highest BCUT2D eigenvalue weighted by Gasteiger charge is 2.43. The number of carbonyl (C=O) groups is 1. The van der Waals surface area contributed by atoms with E-state index in [9.17, 15) is 14.7 Å². The maximum Gasteiger partial charge on any atom is 0.289 e. The lowest BCUT2D eigenvalue weighted by molar-refractivity contribution is 0.0232. The van der Waals surface area contributed by atoms with Crippen molar-refractivity contribution in [1.82, 2.24) is 14.9 Å². The summed E-state index contributed by atoms with van der Waals surface area (Å²) in [5.74, 6) is 1.03. The fraction of sp³-hybridized carbons (Fsp3) is 0.500. The fourth-order valence-corrected chi connectivity index (χ4v) is 4.39. The lowest BCUT2D eigenvalue weighted by Gasteiger charge is -2.49. The average molecular weight is 384 g/mol. The van der Waals surface area contributed by atoms with E-state index in [2.05, 4.69) is 14.9 Å². The third-order valence-electron chi connectivity index (χ3n) is 5.71. The summed E-state index contributed by atoms with van der Waals surface area (Å²) in [4.78, 5) is 36.7. The van der Waals surface area contributed by atoms with E-state index in [1.54, 1.807) is 30.4 Å². The molecule has 0 aromatic carbocycles. The molecule has 4 heterocycles. The Hall–Kier alpha value is -2.74.